The number of unbranched alkanes of at least 4 members (excludes halogenated alkanes) is 38. The Bertz CT molecular complexity index is 2180. The van der Waals surface area contributed by atoms with Crippen LogP contribution in [0.5, 0.6) is 0 Å². The van der Waals surface area contributed by atoms with Crippen molar-refractivity contribution in [3.8, 4) is 0 Å². The molecule has 2 aliphatic heterocycles. The second-order valence-electron chi connectivity index (χ2n) is 28.9. The van der Waals surface area contributed by atoms with E-state index in [-0.39, 0.29) is 18.9 Å². The average Bonchev–Trinajstić information content (AvgIpc) is 0.790. The summed E-state index contributed by atoms with van der Waals surface area (Å²) in [4.78, 5) is 13.4. The molecule has 0 spiro atoms. The topological polar surface area (TPSA) is 228 Å². The largest absolute Gasteiger partial charge is 0.394 e. The Morgan fingerprint density at radius 1 is 0.363 bits per heavy atom. The van der Waals surface area contributed by atoms with Crippen LogP contribution in [0.15, 0.2) is 122 Å². The average molecular weight is 1430 g/mol. The van der Waals surface area contributed by atoms with Crippen LogP contribution >= 0.6 is 0 Å². The highest BCUT2D eigenvalue weighted by molar-refractivity contribution is 5.76. The molecule has 9 N–H and O–H groups in total. The molecule has 1 amide bonds. The van der Waals surface area contributed by atoms with Gasteiger partial charge in [-0.05, 0) is 89.9 Å². The van der Waals surface area contributed by atoms with E-state index in [0.29, 0.717) is 6.42 Å². The van der Waals surface area contributed by atoms with E-state index in [9.17, 15) is 45.6 Å². The lowest BCUT2D eigenvalue weighted by molar-refractivity contribution is -0.359. The maximum atomic E-state index is 13.4. The van der Waals surface area contributed by atoms with Gasteiger partial charge in [-0.15, -0.1) is 0 Å². The van der Waals surface area contributed by atoms with Crippen LogP contribution in [-0.2, 0) is 23.7 Å². The van der Waals surface area contributed by atoms with Gasteiger partial charge in [-0.2, -0.15) is 0 Å². The van der Waals surface area contributed by atoms with Crippen LogP contribution in [0.2, 0.25) is 0 Å². The minimum Gasteiger partial charge on any atom is -0.394 e. The minimum atomic E-state index is -1.79. The smallest absolute Gasteiger partial charge is 0.220 e. The van der Waals surface area contributed by atoms with Crippen LogP contribution in [0.4, 0.5) is 0 Å². The molecule has 2 heterocycles. The molecule has 2 saturated heterocycles. The first-order chi connectivity index (χ1) is 50.1. The summed E-state index contributed by atoms with van der Waals surface area (Å²) in [6.07, 6.45) is 87.0. The van der Waals surface area contributed by atoms with Crippen molar-refractivity contribution in [3.05, 3.63) is 122 Å². The van der Waals surface area contributed by atoms with Gasteiger partial charge in [0.25, 0.3) is 0 Å². The van der Waals surface area contributed by atoms with Gasteiger partial charge in [0.15, 0.2) is 12.6 Å². The molecule has 0 aliphatic carbocycles. The summed E-state index contributed by atoms with van der Waals surface area (Å²) in [5, 5.41) is 87.8. The van der Waals surface area contributed by atoms with Gasteiger partial charge >= 0.3 is 0 Å². The molecular weight excluding hydrogens is 1280 g/mol. The number of carbonyl (C=O) groups is 1. The summed E-state index contributed by atoms with van der Waals surface area (Å²) < 4.78 is 22.9. The summed E-state index contributed by atoms with van der Waals surface area (Å²) in [6.45, 7) is 2.72. The lowest BCUT2D eigenvalue weighted by Gasteiger charge is -2.46. The van der Waals surface area contributed by atoms with Crippen LogP contribution < -0.4 is 5.32 Å². The number of nitrogens with one attached hydrogen (secondary N) is 1. The Morgan fingerprint density at radius 2 is 0.676 bits per heavy atom. The number of aliphatic hydroxyl groups excluding tert-OH is 8. The molecule has 0 bridgehead atoms. The Kier molecular flexibility index (Phi) is 65.2. The Morgan fingerprint density at radius 3 is 1.04 bits per heavy atom. The molecule has 588 valence electrons. The fourth-order valence-corrected chi connectivity index (χ4v) is 13.1. The first-order valence-corrected chi connectivity index (χ1v) is 41.8. The number of hydrogen-bond donors (Lipinski definition) is 9. The van der Waals surface area contributed by atoms with Crippen molar-refractivity contribution in [2.45, 2.75) is 408 Å². The number of allylic oxidation sites excluding steroid dienone is 19. The summed E-state index contributed by atoms with van der Waals surface area (Å²) >= 11 is 0. The number of amides is 1. The van der Waals surface area contributed by atoms with Crippen LogP contribution in [0.25, 0.3) is 0 Å². The summed E-state index contributed by atoms with van der Waals surface area (Å²) in [7, 11) is 0. The van der Waals surface area contributed by atoms with Gasteiger partial charge in [0, 0.05) is 6.42 Å². The SMILES string of the molecule is CC/C=C\C/C=C\C/C=C\C/C=C\C/C=C\C/C=C\C/C=C\C/C=C\C/C=C\CCCCCCCCCCCCCCCC(=O)NC(COC1OC(CO)C(OC2OC(CO)C(O)C(O)C2O)C(O)C1O)C(O)/C=C/CCCCCCCCCCCCCCCCCCCCCCCCCCC. The van der Waals surface area contributed by atoms with E-state index in [1.165, 1.54) is 205 Å². The van der Waals surface area contributed by atoms with Crippen LogP contribution in [0.1, 0.15) is 335 Å². The molecule has 2 fully saturated rings. The zero-order valence-corrected chi connectivity index (χ0v) is 64.6. The molecule has 0 radical (unpaired) electrons. The third-order valence-electron chi connectivity index (χ3n) is 19.7. The molecular formula is C88H153NO13. The molecule has 12 unspecified atom stereocenters. The molecule has 2 aliphatic rings. The van der Waals surface area contributed by atoms with E-state index >= 15 is 0 Å². The normalized spacial score (nSPS) is 22.3. The van der Waals surface area contributed by atoms with Crippen LogP contribution in [0.3, 0.4) is 0 Å². The van der Waals surface area contributed by atoms with Gasteiger partial charge in [0.1, 0.15) is 48.8 Å². The van der Waals surface area contributed by atoms with E-state index in [2.05, 4.69) is 129 Å². The molecule has 0 aromatic rings. The van der Waals surface area contributed by atoms with E-state index in [1.807, 2.05) is 6.08 Å². The number of rotatable bonds is 69. The highest BCUT2D eigenvalue weighted by Gasteiger charge is 2.51. The molecule has 14 heteroatoms. The van der Waals surface area contributed by atoms with Gasteiger partial charge < -0.3 is 65.1 Å². The monoisotopic (exact) mass is 1430 g/mol. The van der Waals surface area contributed by atoms with Crippen molar-refractivity contribution in [1.82, 2.24) is 5.32 Å². The fourth-order valence-electron chi connectivity index (χ4n) is 13.1. The van der Waals surface area contributed by atoms with E-state index in [1.54, 1.807) is 6.08 Å². The molecule has 14 nitrogen and oxygen atoms in total. The molecule has 0 aromatic heterocycles. The first-order valence-electron chi connectivity index (χ1n) is 41.8. The Labute approximate surface area is 622 Å². The van der Waals surface area contributed by atoms with Crippen LogP contribution in [0, 0.1) is 0 Å². The maximum absolute atomic E-state index is 13.4. The van der Waals surface area contributed by atoms with E-state index in [0.717, 1.165) is 103 Å². The van der Waals surface area contributed by atoms with Crippen molar-refractivity contribution in [2.24, 2.45) is 0 Å². The molecule has 102 heavy (non-hydrogen) atoms. The summed E-state index contributed by atoms with van der Waals surface area (Å²) in [5.74, 6) is -0.240. The van der Waals surface area contributed by atoms with Gasteiger partial charge in [-0.25, -0.2) is 0 Å². The Hall–Kier alpha value is -3.61. The lowest BCUT2D eigenvalue weighted by atomic mass is 9.97. The number of aliphatic hydroxyl groups is 8. The molecule has 0 aromatic carbocycles. The second kappa shape index (κ2) is 70.4. The zero-order valence-electron chi connectivity index (χ0n) is 64.6. The predicted octanol–water partition coefficient (Wildman–Crippen LogP) is 19.6. The highest BCUT2D eigenvalue weighted by atomic mass is 16.7. The van der Waals surface area contributed by atoms with Gasteiger partial charge in [-0.1, -0.05) is 360 Å². The van der Waals surface area contributed by atoms with Gasteiger partial charge in [0.05, 0.1) is 32.0 Å². The molecule has 2 rings (SSSR count). The zero-order chi connectivity index (χ0) is 73.7. The second-order valence-corrected chi connectivity index (χ2v) is 28.9. The standard InChI is InChI=1S/C88H153NO13/c1-3-5-7-9-11-13-15-17-19-21-23-25-27-29-31-32-33-34-35-36-37-38-39-40-41-42-43-44-46-48-50-52-54-56-58-60-62-64-66-68-70-72-80(93)89-76(75-99-87-85(98)83(96)86(79(74-91)101-87)102-88-84(97)82(95)81(94)78(73-90)100-88)77(92)71-69-67-65-63-61-59-57-55-53-51-49-47-45-30-28-26-24-22-20-18-16-14-12-10-8-6-4-2/h5,7,11,13,17,19,23,25,29,31,33-34,36-37,39-40,42-43,69,71,76-79,81-88,90-92,94-98H,3-4,6,8-10,12,14-16,18,20-22,24,26-28,30,32,35,38,41,44-68,70,72-75H2,1-2H3,(H,89,93)/b7-5-,13-11-,19-17-,25-23-,31-29-,34-33-,37-36-,40-39-,43-42-,71-69+. The third-order valence-corrected chi connectivity index (χ3v) is 19.7. The maximum Gasteiger partial charge on any atom is 0.220 e. The quantitative estimate of drug-likeness (QED) is 0.0204. The highest BCUT2D eigenvalue weighted by Crippen LogP contribution is 2.30. The fraction of sp³-hybridized carbons (Fsp3) is 0.761. The van der Waals surface area contributed by atoms with Crippen LogP contribution in [-0.4, -0.2) is 140 Å². The molecule has 0 saturated carbocycles. The van der Waals surface area contributed by atoms with Crippen molar-refractivity contribution in [1.29, 1.82) is 0 Å². The molecule has 12 atom stereocenters. The van der Waals surface area contributed by atoms with Crippen molar-refractivity contribution < 1.29 is 64.6 Å². The first kappa shape index (κ1) is 94.5. The van der Waals surface area contributed by atoms with Crippen molar-refractivity contribution in [3.63, 3.8) is 0 Å². The van der Waals surface area contributed by atoms with Gasteiger partial charge in [0.2, 0.25) is 5.91 Å². The number of hydrogen-bond acceptors (Lipinski definition) is 13. The summed E-state index contributed by atoms with van der Waals surface area (Å²) in [6, 6.07) is -0.924. The van der Waals surface area contributed by atoms with E-state index in [4.69, 9.17) is 18.9 Å². The summed E-state index contributed by atoms with van der Waals surface area (Å²) in [5.41, 5.74) is 0. The van der Waals surface area contributed by atoms with Crippen molar-refractivity contribution >= 4 is 5.91 Å². The van der Waals surface area contributed by atoms with E-state index < -0.39 is 86.8 Å². The predicted molar refractivity (Wildman–Crippen MR) is 424 cm³/mol. The van der Waals surface area contributed by atoms with Crippen molar-refractivity contribution in [2.75, 3.05) is 19.8 Å². The minimum absolute atomic E-state index is 0.240. The van der Waals surface area contributed by atoms with Gasteiger partial charge in [-0.3, -0.25) is 4.79 Å². The third kappa shape index (κ3) is 52.4. The number of carbonyl (C=O) groups excluding carboxylic acids is 1. The lowest BCUT2D eigenvalue weighted by Crippen LogP contribution is -2.65. The number of ether oxygens (including phenoxy) is 4. The Balaban J connectivity index is 1.60.